The van der Waals surface area contributed by atoms with Gasteiger partial charge < -0.3 is 9.47 Å². The summed E-state index contributed by atoms with van der Waals surface area (Å²) in [5.41, 5.74) is 0. The van der Waals surface area contributed by atoms with Gasteiger partial charge in [0.15, 0.2) is 0 Å². The van der Waals surface area contributed by atoms with Crippen molar-refractivity contribution in [3.8, 4) is 0 Å². The maximum Gasteiger partial charge on any atom is 0.305 e. The van der Waals surface area contributed by atoms with Crippen LogP contribution >= 0.6 is 23.2 Å². The number of ether oxygens (including phenoxy) is 2. The van der Waals surface area contributed by atoms with E-state index in [0.29, 0.717) is 25.9 Å². The Morgan fingerprint density at radius 3 is 2.06 bits per heavy atom. The lowest BCUT2D eigenvalue weighted by Crippen LogP contribution is -2.10. The van der Waals surface area contributed by atoms with Crippen molar-refractivity contribution in [2.45, 2.75) is 43.9 Å². The van der Waals surface area contributed by atoms with Crippen molar-refractivity contribution in [1.29, 1.82) is 0 Å². The standard InChI is InChI=1S/C11H18Cl2O4/c1-2-7-16-10(14)5-3-4-6-11(15)17-8-9(12)13/h9H,2-8H2,1H3. The lowest BCUT2D eigenvalue weighted by Gasteiger charge is -2.05. The lowest BCUT2D eigenvalue weighted by molar-refractivity contribution is -0.145. The fourth-order valence-corrected chi connectivity index (χ4v) is 1.18. The molecule has 17 heavy (non-hydrogen) atoms. The van der Waals surface area contributed by atoms with E-state index in [1.165, 1.54) is 0 Å². The van der Waals surface area contributed by atoms with Gasteiger partial charge in [0.1, 0.15) is 11.4 Å². The third-order valence-corrected chi connectivity index (χ3v) is 2.10. The van der Waals surface area contributed by atoms with E-state index in [9.17, 15) is 9.59 Å². The Morgan fingerprint density at radius 1 is 1.06 bits per heavy atom. The highest BCUT2D eigenvalue weighted by Crippen LogP contribution is 2.06. The Balaban J connectivity index is 3.38. The fraction of sp³-hybridized carbons (Fsp3) is 0.818. The highest BCUT2D eigenvalue weighted by Gasteiger charge is 2.07. The molecular weight excluding hydrogens is 267 g/mol. The lowest BCUT2D eigenvalue weighted by atomic mass is 10.2. The predicted octanol–water partition coefficient (Wildman–Crippen LogP) is 2.85. The molecule has 0 radical (unpaired) electrons. The third kappa shape index (κ3) is 11.8. The van der Waals surface area contributed by atoms with E-state index in [2.05, 4.69) is 0 Å². The minimum Gasteiger partial charge on any atom is -0.466 e. The van der Waals surface area contributed by atoms with Crippen LogP contribution in [0.25, 0.3) is 0 Å². The number of unbranched alkanes of at least 4 members (excludes halogenated alkanes) is 1. The first-order chi connectivity index (χ1) is 8.06. The third-order valence-electron chi connectivity index (χ3n) is 1.85. The second kappa shape index (κ2) is 10.7. The molecular formula is C11H18Cl2O4. The smallest absolute Gasteiger partial charge is 0.305 e. The van der Waals surface area contributed by atoms with Gasteiger partial charge in [0, 0.05) is 12.8 Å². The number of esters is 2. The first-order valence-electron chi connectivity index (χ1n) is 5.65. The average Bonchev–Trinajstić information content (AvgIpc) is 2.29. The zero-order valence-electron chi connectivity index (χ0n) is 9.92. The molecule has 0 rings (SSSR count). The van der Waals surface area contributed by atoms with Gasteiger partial charge in [0.25, 0.3) is 0 Å². The molecule has 0 atom stereocenters. The molecule has 0 aliphatic rings. The second-order valence-electron chi connectivity index (χ2n) is 3.50. The Labute approximate surface area is 112 Å². The van der Waals surface area contributed by atoms with Crippen molar-refractivity contribution >= 4 is 35.1 Å². The summed E-state index contributed by atoms with van der Waals surface area (Å²) >= 11 is 10.8. The van der Waals surface area contributed by atoms with E-state index >= 15 is 0 Å². The number of carbonyl (C=O) groups excluding carboxylic acids is 2. The summed E-state index contributed by atoms with van der Waals surface area (Å²) in [5.74, 6) is -0.569. The molecule has 100 valence electrons. The van der Waals surface area contributed by atoms with Crippen molar-refractivity contribution in [2.75, 3.05) is 13.2 Å². The van der Waals surface area contributed by atoms with Crippen LogP contribution in [0.4, 0.5) is 0 Å². The van der Waals surface area contributed by atoms with Gasteiger partial charge in [0.2, 0.25) is 0 Å². The molecule has 0 amide bonds. The van der Waals surface area contributed by atoms with E-state index in [1.807, 2.05) is 6.92 Å². The summed E-state index contributed by atoms with van der Waals surface area (Å²) < 4.78 is 9.64. The molecule has 0 aromatic rings. The minimum absolute atomic E-state index is 0.000482. The fourth-order valence-electron chi connectivity index (χ4n) is 1.05. The SMILES string of the molecule is CCCOC(=O)CCCCC(=O)OCC(Cl)Cl. The second-order valence-corrected chi connectivity index (χ2v) is 4.78. The summed E-state index contributed by atoms with van der Waals surface area (Å²) in [4.78, 5) is 21.5. The summed E-state index contributed by atoms with van der Waals surface area (Å²) in [5, 5.41) is 0. The van der Waals surface area contributed by atoms with Gasteiger partial charge in [-0.25, -0.2) is 0 Å². The van der Waals surface area contributed by atoms with Gasteiger partial charge in [-0.15, -0.1) is 23.2 Å². The quantitative estimate of drug-likeness (QED) is 0.371. The maximum atomic E-state index is 11.1. The number of alkyl halides is 2. The number of hydrogen-bond acceptors (Lipinski definition) is 4. The van der Waals surface area contributed by atoms with Gasteiger partial charge in [-0.1, -0.05) is 6.92 Å². The zero-order chi connectivity index (χ0) is 13.1. The van der Waals surface area contributed by atoms with Gasteiger partial charge in [0.05, 0.1) is 6.61 Å². The van der Waals surface area contributed by atoms with Crippen molar-refractivity contribution in [1.82, 2.24) is 0 Å². The van der Waals surface area contributed by atoms with E-state index in [1.54, 1.807) is 0 Å². The first kappa shape index (κ1) is 16.5. The van der Waals surface area contributed by atoms with Crippen LogP contribution in [0, 0.1) is 0 Å². The van der Waals surface area contributed by atoms with E-state index in [-0.39, 0.29) is 25.0 Å². The van der Waals surface area contributed by atoms with Crippen LogP contribution in [-0.4, -0.2) is 30.0 Å². The summed E-state index contributed by atoms with van der Waals surface area (Å²) in [6.07, 6.45) is 2.62. The summed E-state index contributed by atoms with van der Waals surface area (Å²) in [7, 11) is 0. The van der Waals surface area contributed by atoms with Crippen molar-refractivity contribution in [3.05, 3.63) is 0 Å². The Kier molecular flexibility index (Phi) is 10.4. The molecule has 4 nitrogen and oxygen atoms in total. The molecule has 0 aromatic heterocycles. The predicted molar refractivity (Wildman–Crippen MR) is 66.2 cm³/mol. The molecule has 6 heteroatoms. The maximum absolute atomic E-state index is 11.1. The van der Waals surface area contributed by atoms with Crippen molar-refractivity contribution in [2.24, 2.45) is 0 Å². The van der Waals surface area contributed by atoms with Gasteiger partial charge in [-0.3, -0.25) is 9.59 Å². The monoisotopic (exact) mass is 284 g/mol. The Hall–Kier alpha value is -0.480. The molecule has 0 bridgehead atoms. The summed E-state index contributed by atoms with van der Waals surface area (Å²) in [6, 6.07) is 0. The molecule has 0 aromatic carbocycles. The van der Waals surface area contributed by atoms with Crippen LogP contribution in [0.1, 0.15) is 39.0 Å². The summed E-state index contributed by atoms with van der Waals surface area (Å²) in [6.45, 7) is 2.39. The van der Waals surface area contributed by atoms with E-state index in [0.717, 1.165) is 6.42 Å². The number of halogens is 2. The molecule has 0 N–H and O–H groups in total. The zero-order valence-corrected chi connectivity index (χ0v) is 11.4. The van der Waals surface area contributed by atoms with Crippen LogP contribution in [0.15, 0.2) is 0 Å². The Bertz CT molecular complexity index is 232. The minimum atomic E-state index is -0.692. The first-order valence-corrected chi connectivity index (χ1v) is 6.53. The molecule has 0 aliphatic carbocycles. The average molecular weight is 285 g/mol. The van der Waals surface area contributed by atoms with Gasteiger partial charge in [-0.2, -0.15) is 0 Å². The molecule has 0 aliphatic heterocycles. The van der Waals surface area contributed by atoms with Crippen molar-refractivity contribution in [3.63, 3.8) is 0 Å². The molecule has 0 unspecified atom stereocenters. The van der Waals surface area contributed by atoms with E-state index < -0.39 is 4.84 Å². The highest BCUT2D eigenvalue weighted by molar-refractivity contribution is 6.44. The topological polar surface area (TPSA) is 52.6 Å². The highest BCUT2D eigenvalue weighted by atomic mass is 35.5. The number of rotatable bonds is 9. The molecule has 0 spiro atoms. The van der Waals surface area contributed by atoms with Crippen LogP contribution in [0.3, 0.4) is 0 Å². The van der Waals surface area contributed by atoms with Gasteiger partial charge in [-0.05, 0) is 19.3 Å². The van der Waals surface area contributed by atoms with E-state index in [4.69, 9.17) is 32.7 Å². The molecule has 0 heterocycles. The van der Waals surface area contributed by atoms with Crippen LogP contribution in [-0.2, 0) is 19.1 Å². The largest absolute Gasteiger partial charge is 0.466 e. The Morgan fingerprint density at radius 2 is 1.59 bits per heavy atom. The number of carbonyl (C=O) groups is 2. The normalized spacial score (nSPS) is 10.4. The van der Waals surface area contributed by atoms with Crippen LogP contribution < -0.4 is 0 Å². The van der Waals surface area contributed by atoms with Crippen LogP contribution in [0.5, 0.6) is 0 Å². The molecule has 0 saturated heterocycles. The molecule has 0 saturated carbocycles. The van der Waals surface area contributed by atoms with Crippen molar-refractivity contribution < 1.29 is 19.1 Å². The van der Waals surface area contributed by atoms with Gasteiger partial charge >= 0.3 is 11.9 Å². The molecule has 0 fully saturated rings. The van der Waals surface area contributed by atoms with Crippen LogP contribution in [0.2, 0.25) is 0 Å². The number of hydrogen-bond donors (Lipinski definition) is 0.